The van der Waals surface area contributed by atoms with E-state index in [9.17, 15) is 0 Å². The predicted molar refractivity (Wildman–Crippen MR) is 67.8 cm³/mol. The summed E-state index contributed by atoms with van der Waals surface area (Å²) in [5.41, 5.74) is 2.84. The third kappa shape index (κ3) is 1.06. The van der Waals surface area contributed by atoms with E-state index < -0.39 is 0 Å². The van der Waals surface area contributed by atoms with E-state index in [0.717, 1.165) is 23.2 Å². The molecule has 4 aliphatic carbocycles. The average molecular weight is 222 g/mol. The number of thioether (sulfide) groups is 1. The molecule has 1 heteroatoms. The standard InChI is InChI=1S/C14H22S/c1-9(2)7-15-8-13(3)10-5-11-12(6-10)14(11,13)4/h7,10-12H,5-6,8H2,1-4H3/t10?,11?,12?,13-,14?/m1/s1. The van der Waals surface area contributed by atoms with Crippen LogP contribution in [0.5, 0.6) is 0 Å². The first-order valence-corrected chi connectivity index (χ1v) is 7.30. The van der Waals surface area contributed by atoms with Gasteiger partial charge in [0.2, 0.25) is 0 Å². The molecule has 2 unspecified atom stereocenters. The van der Waals surface area contributed by atoms with Gasteiger partial charge in [0.1, 0.15) is 0 Å². The second-order valence-corrected chi connectivity index (χ2v) is 7.45. The van der Waals surface area contributed by atoms with Crippen molar-refractivity contribution in [2.24, 2.45) is 28.6 Å². The Bertz CT molecular complexity index is 314. The number of hydrogen-bond donors (Lipinski definition) is 0. The first kappa shape index (κ1) is 10.3. The van der Waals surface area contributed by atoms with Gasteiger partial charge in [0.25, 0.3) is 0 Å². The van der Waals surface area contributed by atoms with Crippen molar-refractivity contribution in [1.82, 2.24) is 0 Å². The lowest BCUT2D eigenvalue weighted by Crippen LogP contribution is -2.29. The van der Waals surface area contributed by atoms with Gasteiger partial charge in [-0.15, -0.1) is 11.8 Å². The SMILES string of the molecule is CC(C)=CSC[C@]1(C)C2CC3C(C2)C31C. The van der Waals surface area contributed by atoms with Crippen LogP contribution in [0, 0.1) is 28.6 Å². The van der Waals surface area contributed by atoms with E-state index in [1.165, 1.54) is 11.3 Å². The van der Waals surface area contributed by atoms with Gasteiger partial charge in [0.15, 0.2) is 0 Å². The van der Waals surface area contributed by atoms with Crippen molar-refractivity contribution in [1.29, 1.82) is 0 Å². The molecular weight excluding hydrogens is 200 g/mol. The molecular formula is C14H22S. The molecule has 0 aliphatic heterocycles. The average Bonchev–Trinajstić information content (AvgIpc) is 2.53. The Morgan fingerprint density at radius 1 is 1.27 bits per heavy atom. The summed E-state index contributed by atoms with van der Waals surface area (Å²) in [6.07, 6.45) is 3.10. The zero-order valence-electron chi connectivity index (χ0n) is 10.3. The third-order valence-corrected chi connectivity index (χ3v) is 7.23. The maximum absolute atomic E-state index is 2.57. The van der Waals surface area contributed by atoms with Crippen molar-refractivity contribution in [3.05, 3.63) is 11.0 Å². The zero-order valence-corrected chi connectivity index (χ0v) is 11.2. The summed E-state index contributed by atoms with van der Waals surface area (Å²) in [6, 6.07) is 0. The van der Waals surface area contributed by atoms with Gasteiger partial charge in [-0.05, 0) is 60.7 Å². The molecule has 4 fully saturated rings. The molecule has 0 N–H and O–H groups in total. The summed E-state index contributed by atoms with van der Waals surface area (Å²) in [6.45, 7) is 9.53. The van der Waals surface area contributed by atoms with E-state index in [-0.39, 0.29) is 0 Å². The molecule has 0 saturated heterocycles. The zero-order chi connectivity index (χ0) is 10.8. The van der Waals surface area contributed by atoms with Crippen molar-refractivity contribution in [3.8, 4) is 0 Å². The molecule has 4 rings (SSSR count). The topological polar surface area (TPSA) is 0 Å². The summed E-state index contributed by atoms with van der Waals surface area (Å²) in [5.74, 6) is 4.63. The van der Waals surface area contributed by atoms with Crippen LogP contribution in [0.3, 0.4) is 0 Å². The van der Waals surface area contributed by atoms with Gasteiger partial charge >= 0.3 is 0 Å². The first-order valence-electron chi connectivity index (χ1n) is 6.25. The molecule has 0 heterocycles. The predicted octanol–water partition coefficient (Wildman–Crippen LogP) is 4.33. The highest BCUT2D eigenvalue weighted by molar-refractivity contribution is 8.02. The number of hydrogen-bond acceptors (Lipinski definition) is 1. The minimum absolute atomic E-state index is 0.652. The van der Waals surface area contributed by atoms with E-state index in [0.29, 0.717) is 5.41 Å². The second-order valence-electron chi connectivity index (χ2n) is 6.59. The molecule has 0 spiro atoms. The van der Waals surface area contributed by atoms with Crippen molar-refractivity contribution in [3.63, 3.8) is 0 Å². The molecule has 84 valence electrons. The molecule has 15 heavy (non-hydrogen) atoms. The summed E-state index contributed by atoms with van der Waals surface area (Å²) >= 11 is 2.05. The van der Waals surface area contributed by atoms with E-state index in [1.54, 1.807) is 12.8 Å². The normalized spacial score (nSPS) is 54.5. The van der Waals surface area contributed by atoms with Crippen LogP contribution in [0.4, 0.5) is 0 Å². The lowest BCUT2D eigenvalue weighted by atomic mass is 9.76. The van der Waals surface area contributed by atoms with Crippen molar-refractivity contribution < 1.29 is 0 Å². The maximum atomic E-state index is 2.57. The van der Waals surface area contributed by atoms with Gasteiger partial charge in [-0.2, -0.15) is 0 Å². The molecule has 0 nitrogen and oxygen atoms in total. The first-order chi connectivity index (χ1) is 7.00. The second kappa shape index (κ2) is 2.85. The highest BCUT2D eigenvalue weighted by atomic mass is 32.2. The Kier molecular flexibility index (Phi) is 1.95. The monoisotopic (exact) mass is 222 g/mol. The highest BCUT2D eigenvalue weighted by Gasteiger charge is 2.80. The lowest BCUT2D eigenvalue weighted by molar-refractivity contribution is 0.207. The molecule has 0 aromatic carbocycles. The van der Waals surface area contributed by atoms with Gasteiger partial charge < -0.3 is 0 Å². The molecule has 4 aliphatic rings. The summed E-state index contributed by atoms with van der Waals surface area (Å²) in [7, 11) is 0. The fourth-order valence-corrected chi connectivity index (χ4v) is 6.00. The minimum Gasteiger partial charge on any atom is -0.134 e. The Morgan fingerprint density at radius 3 is 2.27 bits per heavy atom. The maximum Gasteiger partial charge on any atom is 0.00362 e. The van der Waals surface area contributed by atoms with Crippen molar-refractivity contribution in [2.45, 2.75) is 40.5 Å². The quantitative estimate of drug-likeness (QED) is 0.685. The summed E-state index contributed by atoms with van der Waals surface area (Å²) in [5, 5.41) is 2.35. The molecule has 3 atom stereocenters. The van der Waals surface area contributed by atoms with Crippen LogP contribution in [0.15, 0.2) is 11.0 Å². The Hall–Kier alpha value is 0.0900. The van der Waals surface area contributed by atoms with Gasteiger partial charge in [-0.1, -0.05) is 19.4 Å². The van der Waals surface area contributed by atoms with Crippen LogP contribution < -0.4 is 0 Å². The van der Waals surface area contributed by atoms with Gasteiger partial charge in [0, 0.05) is 5.75 Å². The van der Waals surface area contributed by atoms with E-state index in [2.05, 4.69) is 44.9 Å². The number of allylic oxidation sites excluding steroid dienone is 1. The molecule has 0 radical (unpaired) electrons. The van der Waals surface area contributed by atoms with Gasteiger partial charge in [-0.25, -0.2) is 0 Å². The lowest BCUT2D eigenvalue weighted by Gasteiger charge is -2.33. The Labute approximate surface area is 97.9 Å². The Balaban J connectivity index is 1.73. The smallest absolute Gasteiger partial charge is 0.00362 e. The molecule has 0 aromatic heterocycles. The molecule has 4 saturated carbocycles. The Morgan fingerprint density at radius 2 is 1.87 bits per heavy atom. The van der Waals surface area contributed by atoms with Crippen molar-refractivity contribution >= 4 is 11.8 Å². The summed E-state index contributed by atoms with van der Waals surface area (Å²) < 4.78 is 0. The van der Waals surface area contributed by atoms with Crippen molar-refractivity contribution in [2.75, 3.05) is 5.75 Å². The van der Waals surface area contributed by atoms with E-state index >= 15 is 0 Å². The fraction of sp³-hybridized carbons (Fsp3) is 0.857. The number of rotatable bonds is 3. The molecule has 4 bridgehead atoms. The molecule has 0 aromatic rings. The van der Waals surface area contributed by atoms with Crippen LogP contribution in [-0.4, -0.2) is 5.75 Å². The minimum atomic E-state index is 0.652. The fourth-order valence-electron chi connectivity index (χ4n) is 4.69. The van der Waals surface area contributed by atoms with E-state index in [4.69, 9.17) is 0 Å². The van der Waals surface area contributed by atoms with Gasteiger partial charge in [0.05, 0.1) is 0 Å². The largest absolute Gasteiger partial charge is 0.134 e. The highest BCUT2D eigenvalue weighted by Crippen LogP contribution is 2.86. The van der Waals surface area contributed by atoms with Crippen LogP contribution in [0.1, 0.15) is 40.5 Å². The summed E-state index contributed by atoms with van der Waals surface area (Å²) in [4.78, 5) is 0. The third-order valence-electron chi connectivity index (χ3n) is 5.83. The van der Waals surface area contributed by atoms with Gasteiger partial charge in [-0.3, -0.25) is 0 Å². The van der Waals surface area contributed by atoms with Crippen LogP contribution >= 0.6 is 11.8 Å². The van der Waals surface area contributed by atoms with Crippen LogP contribution in [0.25, 0.3) is 0 Å². The van der Waals surface area contributed by atoms with E-state index in [1.807, 2.05) is 0 Å². The molecule has 0 amide bonds. The van der Waals surface area contributed by atoms with Crippen LogP contribution in [0.2, 0.25) is 0 Å². The van der Waals surface area contributed by atoms with Crippen LogP contribution in [-0.2, 0) is 0 Å².